The summed E-state index contributed by atoms with van der Waals surface area (Å²) in [6.07, 6.45) is 0. The second-order valence-corrected chi connectivity index (χ2v) is 3.04. The summed E-state index contributed by atoms with van der Waals surface area (Å²) in [7, 11) is 0. The fourth-order valence-electron chi connectivity index (χ4n) is 0.622. The maximum Gasteiger partial charge on any atom is 0.227 e. The molecule has 1 aromatic rings. The minimum atomic E-state index is -0.289. The molecule has 1 radical (unpaired) electrons. The quantitative estimate of drug-likeness (QED) is 0.682. The van der Waals surface area contributed by atoms with Crippen LogP contribution in [0.5, 0.6) is 0 Å². The monoisotopic (exact) mass is 166 g/mol. The summed E-state index contributed by atoms with van der Waals surface area (Å²) in [4.78, 5) is 11.4. The molecule has 0 atom stereocenters. The molecule has 2 N–H and O–H groups in total. The van der Waals surface area contributed by atoms with Crippen molar-refractivity contribution >= 4 is 17.7 Å². The minimum absolute atomic E-state index is 0.289. The van der Waals surface area contributed by atoms with Crippen molar-refractivity contribution < 1.29 is 4.79 Å². The number of benzene rings is 1. The van der Waals surface area contributed by atoms with Crippen molar-refractivity contribution in [1.82, 2.24) is 0 Å². The molecule has 0 heterocycles. The molecule has 0 aliphatic heterocycles. The Hall–Kier alpha value is -0.960. The Labute approximate surface area is 69.8 Å². The number of thioether (sulfide) groups is 1. The fourth-order valence-corrected chi connectivity index (χ4v) is 1.26. The predicted octanol–water partition coefficient (Wildman–Crippen LogP) is 1.06. The highest BCUT2D eigenvalue weighted by Crippen LogP contribution is 2.15. The van der Waals surface area contributed by atoms with Crippen LogP contribution in [0.15, 0.2) is 29.2 Å². The number of carbonyl (C=O) groups excluding carboxylic acids is 1. The number of amides is 1. The van der Waals surface area contributed by atoms with Gasteiger partial charge in [-0.1, -0.05) is 12.1 Å². The van der Waals surface area contributed by atoms with Crippen LogP contribution in [0.25, 0.3) is 0 Å². The van der Waals surface area contributed by atoms with Crippen molar-refractivity contribution in [3.05, 3.63) is 30.3 Å². The Bertz CT molecular complexity index is 235. The molecule has 0 spiro atoms. The summed E-state index contributed by atoms with van der Waals surface area (Å²) in [5.74, 6) is 0.0483. The third kappa shape index (κ3) is 3.09. The number of rotatable bonds is 3. The van der Waals surface area contributed by atoms with Gasteiger partial charge in [0.15, 0.2) is 0 Å². The van der Waals surface area contributed by atoms with Gasteiger partial charge in [-0.25, -0.2) is 0 Å². The van der Waals surface area contributed by atoms with Crippen LogP contribution in [0.2, 0.25) is 0 Å². The molecule has 3 heteroatoms. The molecular formula is C8H8NOS. The molecule has 1 amide bonds. The molecule has 0 fully saturated rings. The van der Waals surface area contributed by atoms with Crippen molar-refractivity contribution in [1.29, 1.82) is 0 Å². The van der Waals surface area contributed by atoms with E-state index in [1.54, 1.807) is 0 Å². The first-order valence-corrected chi connectivity index (χ1v) is 4.15. The highest BCUT2D eigenvalue weighted by molar-refractivity contribution is 8.00. The van der Waals surface area contributed by atoms with Crippen molar-refractivity contribution in [3.63, 3.8) is 0 Å². The zero-order valence-electron chi connectivity index (χ0n) is 5.91. The van der Waals surface area contributed by atoms with Crippen LogP contribution >= 0.6 is 11.8 Å². The van der Waals surface area contributed by atoms with Crippen molar-refractivity contribution in [3.8, 4) is 0 Å². The van der Waals surface area contributed by atoms with E-state index < -0.39 is 0 Å². The molecule has 0 bridgehead atoms. The van der Waals surface area contributed by atoms with Crippen LogP contribution in [-0.2, 0) is 4.79 Å². The Kier molecular flexibility index (Phi) is 2.98. The summed E-state index contributed by atoms with van der Waals surface area (Å²) in [6, 6.07) is 10.3. The van der Waals surface area contributed by atoms with E-state index >= 15 is 0 Å². The molecule has 0 unspecified atom stereocenters. The predicted molar refractivity (Wildman–Crippen MR) is 45.2 cm³/mol. The van der Waals surface area contributed by atoms with Gasteiger partial charge in [0, 0.05) is 4.90 Å². The van der Waals surface area contributed by atoms with Gasteiger partial charge < -0.3 is 5.73 Å². The van der Waals surface area contributed by atoms with Gasteiger partial charge in [-0.2, -0.15) is 0 Å². The second-order valence-electron chi connectivity index (χ2n) is 1.99. The molecule has 2 nitrogen and oxygen atoms in total. The lowest BCUT2D eigenvalue weighted by molar-refractivity contribution is -0.115. The maximum atomic E-state index is 10.4. The number of hydrogen-bond donors (Lipinski definition) is 1. The smallest absolute Gasteiger partial charge is 0.227 e. The molecule has 0 saturated heterocycles. The molecule has 11 heavy (non-hydrogen) atoms. The Balaban J connectivity index is 2.45. The van der Waals surface area contributed by atoms with E-state index in [2.05, 4.69) is 6.07 Å². The van der Waals surface area contributed by atoms with E-state index in [-0.39, 0.29) is 5.91 Å². The summed E-state index contributed by atoms with van der Waals surface area (Å²) in [5.41, 5.74) is 4.97. The fraction of sp³-hybridized carbons (Fsp3) is 0.125. The van der Waals surface area contributed by atoms with Crippen molar-refractivity contribution in [2.24, 2.45) is 5.73 Å². The van der Waals surface area contributed by atoms with Crippen molar-refractivity contribution in [2.75, 3.05) is 5.75 Å². The van der Waals surface area contributed by atoms with E-state index in [0.717, 1.165) is 4.90 Å². The van der Waals surface area contributed by atoms with E-state index in [0.29, 0.717) is 5.75 Å². The van der Waals surface area contributed by atoms with Crippen LogP contribution in [0.1, 0.15) is 0 Å². The van der Waals surface area contributed by atoms with Gasteiger partial charge in [0.1, 0.15) is 0 Å². The van der Waals surface area contributed by atoms with Crippen LogP contribution in [-0.4, -0.2) is 11.7 Å². The largest absolute Gasteiger partial charge is 0.369 e. The van der Waals surface area contributed by atoms with E-state index in [4.69, 9.17) is 5.73 Å². The zero-order chi connectivity index (χ0) is 8.10. The minimum Gasteiger partial charge on any atom is -0.369 e. The summed E-state index contributed by atoms with van der Waals surface area (Å²) < 4.78 is 0. The molecule has 0 aliphatic rings. The summed E-state index contributed by atoms with van der Waals surface area (Å²) in [5, 5.41) is 0. The first-order valence-electron chi connectivity index (χ1n) is 3.16. The highest BCUT2D eigenvalue weighted by Gasteiger charge is 1.95. The number of nitrogens with two attached hydrogens (primary N) is 1. The standard InChI is InChI=1S/C8H8NOS/c9-8(10)6-11-7-4-2-1-3-5-7/h2-5H,6H2,(H2,9,10). The Morgan fingerprint density at radius 2 is 2.18 bits per heavy atom. The van der Waals surface area contributed by atoms with Crippen LogP contribution in [0.3, 0.4) is 0 Å². The number of primary amides is 1. The molecule has 0 saturated carbocycles. The third-order valence-corrected chi connectivity index (χ3v) is 2.10. The van der Waals surface area contributed by atoms with Gasteiger partial charge in [0.05, 0.1) is 5.75 Å². The summed E-state index contributed by atoms with van der Waals surface area (Å²) in [6.45, 7) is 0. The average Bonchev–Trinajstić information content (AvgIpc) is 2.03. The Morgan fingerprint density at radius 3 is 2.73 bits per heavy atom. The van der Waals surface area contributed by atoms with Crippen LogP contribution in [0.4, 0.5) is 0 Å². The second kappa shape index (κ2) is 4.03. The lowest BCUT2D eigenvalue weighted by Gasteiger charge is -1.95. The van der Waals surface area contributed by atoms with E-state index in [1.165, 1.54) is 11.8 Å². The van der Waals surface area contributed by atoms with Gasteiger partial charge in [-0.15, -0.1) is 11.8 Å². The number of carbonyl (C=O) groups is 1. The lowest BCUT2D eigenvalue weighted by Crippen LogP contribution is -2.12. The van der Waals surface area contributed by atoms with E-state index in [1.807, 2.05) is 24.3 Å². The van der Waals surface area contributed by atoms with Crippen LogP contribution in [0, 0.1) is 6.07 Å². The molecule has 1 rings (SSSR count). The third-order valence-electron chi connectivity index (χ3n) is 1.07. The van der Waals surface area contributed by atoms with Gasteiger partial charge in [-0.3, -0.25) is 4.79 Å². The lowest BCUT2D eigenvalue weighted by atomic mass is 10.4. The SMILES string of the molecule is NC(=O)CSc1cc[c]cc1. The first kappa shape index (κ1) is 8.14. The summed E-state index contributed by atoms with van der Waals surface area (Å²) >= 11 is 1.43. The van der Waals surface area contributed by atoms with Gasteiger partial charge in [0.2, 0.25) is 5.91 Å². The molecule has 0 aliphatic carbocycles. The highest BCUT2D eigenvalue weighted by atomic mass is 32.2. The van der Waals surface area contributed by atoms with Crippen molar-refractivity contribution in [2.45, 2.75) is 4.90 Å². The molecular weight excluding hydrogens is 158 g/mol. The van der Waals surface area contributed by atoms with Crippen LogP contribution < -0.4 is 5.73 Å². The van der Waals surface area contributed by atoms with Gasteiger partial charge in [0.25, 0.3) is 0 Å². The maximum absolute atomic E-state index is 10.4. The van der Waals surface area contributed by atoms with E-state index in [9.17, 15) is 4.79 Å². The Morgan fingerprint density at radius 1 is 1.55 bits per heavy atom. The molecule has 57 valence electrons. The van der Waals surface area contributed by atoms with Gasteiger partial charge in [-0.05, 0) is 18.2 Å². The zero-order valence-corrected chi connectivity index (χ0v) is 6.73. The molecule has 1 aromatic carbocycles. The topological polar surface area (TPSA) is 43.1 Å². The molecule has 0 aromatic heterocycles. The van der Waals surface area contributed by atoms with Gasteiger partial charge >= 0.3 is 0 Å². The number of hydrogen-bond acceptors (Lipinski definition) is 2. The first-order chi connectivity index (χ1) is 5.29. The normalized spacial score (nSPS) is 9.45. The average molecular weight is 166 g/mol.